The number of anilines is 1. The molecule has 0 aromatic heterocycles. The Morgan fingerprint density at radius 3 is 2.03 bits per heavy atom. The predicted octanol–water partition coefficient (Wildman–Crippen LogP) is 6.95. The van der Waals surface area contributed by atoms with Crippen LogP contribution >= 0.6 is 0 Å². The second-order valence-electron chi connectivity index (χ2n) is 10.0. The van der Waals surface area contributed by atoms with Gasteiger partial charge in [-0.1, -0.05) is 19.3 Å². The number of amides is 1. The van der Waals surface area contributed by atoms with Crippen LogP contribution in [0.25, 0.3) is 0 Å². The van der Waals surface area contributed by atoms with Crippen molar-refractivity contribution in [3.05, 3.63) is 29.3 Å². The van der Waals surface area contributed by atoms with E-state index in [-0.39, 0.29) is 24.4 Å². The van der Waals surface area contributed by atoms with Crippen LogP contribution < -0.4 is 11.1 Å². The Bertz CT molecular complexity index is 845. The Morgan fingerprint density at radius 2 is 1.49 bits per heavy atom. The first kappa shape index (κ1) is 28.9. The van der Waals surface area contributed by atoms with E-state index in [0.29, 0.717) is 30.9 Å². The molecule has 0 spiro atoms. The highest BCUT2D eigenvalue weighted by Crippen LogP contribution is 2.37. The third-order valence-corrected chi connectivity index (χ3v) is 5.98. The molecule has 35 heavy (non-hydrogen) atoms. The summed E-state index contributed by atoms with van der Waals surface area (Å²) >= 11 is 0. The van der Waals surface area contributed by atoms with E-state index in [2.05, 4.69) is 0 Å². The number of carbonyl (C=O) groups is 2. The van der Waals surface area contributed by atoms with Crippen molar-refractivity contribution in [1.82, 2.24) is 0 Å². The van der Waals surface area contributed by atoms with E-state index in [1.54, 1.807) is 13.8 Å². The van der Waals surface area contributed by atoms with Gasteiger partial charge in [0.15, 0.2) is 0 Å². The van der Waals surface area contributed by atoms with Crippen molar-refractivity contribution in [2.24, 2.45) is 17.6 Å². The summed E-state index contributed by atoms with van der Waals surface area (Å²) in [5, 5.41) is 1.97. The first-order valence-corrected chi connectivity index (χ1v) is 11.6. The molecule has 0 aliphatic heterocycles. The molecular weight excluding hydrogens is 478 g/mol. The number of ketones is 1. The molecular formula is C24H32F6N2O3. The van der Waals surface area contributed by atoms with Crippen LogP contribution in [0.2, 0.25) is 0 Å². The van der Waals surface area contributed by atoms with Gasteiger partial charge in [0.2, 0.25) is 0 Å². The van der Waals surface area contributed by atoms with Gasteiger partial charge in [0, 0.05) is 24.1 Å². The van der Waals surface area contributed by atoms with Crippen molar-refractivity contribution >= 4 is 17.6 Å². The van der Waals surface area contributed by atoms with Crippen molar-refractivity contribution in [2.75, 3.05) is 11.9 Å². The lowest BCUT2D eigenvalue weighted by Gasteiger charge is -2.19. The molecule has 11 heteroatoms. The maximum Gasteiger partial charge on any atom is 0.416 e. The first-order valence-electron chi connectivity index (χ1n) is 11.6. The fourth-order valence-electron chi connectivity index (χ4n) is 4.25. The number of nitrogens with two attached hydrogens (primary N) is 1. The van der Waals surface area contributed by atoms with Crippen molar-refractivity contribution in [1.29, 1.82) is 0 Å². The summed E-state index contributed by atoms with van der Waals surface area (Å²) in [5.41, 5.74) is 1.65. The second-order valence-corrected chi connectivity index (χ2v) is 10.0. The topological polar surface area (TPSA) is 81.4 Å². The van der Waals surface area contributed by atoms with Crippen molar-refractivity contribution < 1.29 is 40.7 Å². The molecule has 0 bridgehead atoms. The molecule has 1 aliphatic carbocycles. The highest BCUT2D eigenvalue weighted by Gasteiger charge is 2.37. The van der Waals surface area contributed by atoms with Gasteiger partial charge in [0.25, 0.3) is 0 Å². The van der Waals surface area contributed by atoms with Gasteiger partial charge in [-0.3, -0.25) is 10.1 Å². The summed E-state index contributed by atoms with van der Waals surface area (Å²) in [5.74, 6) is 0.516. The maximum absolute atomic E-state index is 13.0. The summed E-state index contributed by atoms with van der Waals surface area (Å²) in [6.07, 6.45) is -5.41. The SMILES string of the molecule is CC(C)(N)CC(=O)CCC1CCCC(COC(=O)Nc2cc(C(F)(F)F)cc(C(F)(F)F)c2)CC1. The molecule has 1 fully saturated rings. The van der Waals surface area contributed by atoms with Crippen molar-refractivity contribution in [3.63, 3.8) is 0 Å². The number of alkyl halides is 6. The van der Waals surface area contributed by atoms with Gasteiger partial charge in [-0.15, -0.1) is 0 Å². The molecule has 198 valence electrons. The number of ether oxygens (including phenoxy) is 1. The van der Waals surface area contributed by atoms with E-state index in [1.807, 2.05) is 5.32 Å². The van der Waals surface area contributed by atoms with Crippen LogP contribution in [0, 0.1) is 11.8 Å². The molecule has 2 rings (SSSR count). The first-order chi connectivity index (χ1) is 16.0. The summed E-state index contributed by atoms with van der Waals surface area (Å²) in [6.45, 7) is 3.61. The number of carbonyl (C=O) groups excluding carboxylic acids is 2. The van der Waals surface area contributed by atoms with Crippen LogP contribution in [0.3, 0.4) is 0 Å². The van der Waals surface area contributed by atoms with Gasteiger partial charge in [0.1, 0.15) is 5.78 Å². The van der Waals surface area contributed by atoms with Gasteiger partial charge in [-0.25, -0.2) is 4.79 Å². The van der Waals surface area contributed by atoms with E-state index in [4.69, 9.17) is 10.5 Å². The molecule has 1 amide bonds. The number of Topliss-reactive ketones (excluding diaryl/α,β-unsaturated/α-hetero) is 1. The molecule has 2 unspecified atom stereocenters. The molecule has 1 saturated carbocycles. The summed E-state index contributed by atoms with van der Waals surface area (Å²) in [4.78, 5) is 24.1. The zero-order chi connectivity index (χ0) is 26.4. The van der Waals surface area contributed by atoms with Crippen LogP contribution in [0.4, 0.5) is 36.8 Å². The second kappa shape index (κ2) is 11.6. The standard InChI is InChI=1S/C24H32F6N2O3/c1-22(2,31)13-20(33)9-8-15-4-3-5-16(7-6-15)14-35-21(34)32-19-11-17(23(25,26)27)10-18(12-19)24(28,29)30/h10-12,15-16H,3-9,13-14,31H2,1-2H3,(H,32,34). The minimum absolute atomic E-state index is 0.00391. The Labute approximate surface area is 200 Å². The molecule has 5 nitrogen and oxygen atoms in total. The minimum atomic E-state index is -5.01. The number of hydrogen-bond donors (Lipinski definition) is 2. The quantitative estimate of drug-likeness (QED) is 0.293. The number of rotatable bonds is 8. The molecule has 1 aliphatic rings. The number of halogens is 6. The average Bonchev–Trinajstić information content (AvgIpc) is 2.93. The Kier molecular flexibility index (Phi) is 9.61. The van der Waals surface area contributed by atoms with Gasteiger partial charge in [-0.05, 0) is 63.1 Å². The van der Waals surface area contributed by atoms with Crippen molar-refractivity contribution in [2.45, 2.75) is 83.1 Å². The van der Waals surface area contributed by atoms with E-state index in [0.717, 1.165) is 38.5 Å². The predicted molar refractivity (Wildman–Crippen MR) is 119 cm³/mol. The highest BCUT2D eigenvalue weighted by molar-refractivity contribution is 5.85. The fraction of sp³-hybridized carbons (Fsp3) is 0.667. The third kappa shape index (κ3) is 10.5. The van der Waals surface area contributed by atoms with Crippen LogP contribution in [-0.4, -0.2) is 24.0 Å². The molecule has 3 N–H and O–H groups in total. The van der Waals surface area contributed by atoms with E-state index in [9.17, 15) is 35.9 Å². The van der Waals surface area contributed by atoms with Gasteiger partial charge < -0.3 is 10.5 Å². The molecule has 0 heterocycles. The van der Waals surface area contributed by atoms with Crippen LogP contribution in [0.15, 0.2) is 18.2 Å². The van der Waals surface area contributed by atoms with Gasteiger partial charge in [-0.2, -0.15) is 26.3 Å². The summed E-state index contributed by atoms with van der Waals surface area (Å²) in [6, 6.07) is 0.850. The zero-order valence-corrected chi connectivity index (χ0v) is 19.8. The lowest BCUT2D eigenvalue weighted by Crippen LogP contribution is -2.34. The van der Waals surface area contributed by atoms with Crippen LogP contribution in [0.5, 0.6) is 0 Å². The summed E-state index contributed by atoms with van der Waals surface area (Å²) in [7, 11) is 0. The molecule has 0 radical (unpaired) electrons. The smallest absolute Gasteiger partial charge is 0.416 e. The van der Waals surface area contributed by atoms with E-state index >= 15 is 0 Å². The average molecular weight is 511 g/mol. The molecule has 2 atom stereocenters. The third-order valence-electron chi connectivity index (χ3n) is 5.98. The van der Waals surface area contributed by atoms with E-state index < -0.39 is 40.8 Å². The maximum atomic E-state index is 13.0. The van der Waals surface area contributed by atoms with Crippen LogP contribution in [0.1, 0.15) is 76.3 Å². The number of benzene rings is 1. The van der Waals surface area contributed by atoms with Crippen molar-refractivity contribution in [3.8, 4) is 0 Å². The van der Waals surface area contributed by atoms with E-state index in [1.165, 1.54) is 0 Å². The fourth-order valence-corrected chi connectivity index (χ4v) is 4.25. The van der Waals surface area contributed by atoms with Gasteiger partial charge in [0.05, 0.1) is 17.7 Å². The highest BCUT2D eigenvalue weighted by atomic mass is 19.4. The number of hydrogen-bond acceptors (Lipinski definition) is 4. The number of nitrogens with one attached hydrogen (secondary N) is 1. The molecule has 0 saturated heterocycles. The van der Waals surface area contributed by atoms with Gasteiger partial charge >= 0.3 is 18.4 Å². The normalized spacial score (nSPS) is 19.7. The lowest BCUT2D eigenvalue weighted by atomic mass is 9.90. The molecule has 1 aromatic rings. The Balaban J connectivity index is 1.86. The molecule has 1 aromatic carbocycles. The summed E-state index contributed by atoms with van der Waals surface area (Å²) < 4.78 is 82.9. The monoisotopic (exact) mass is 510 g/mol. The zero-order valence-electron chi connectivity index (χ0n) is 19.8. The van der Waals surface area contributed by atoms with Crippen LogP contribution in [-0.2, 0) is 21.9 Å². The Hall–Kier alpha value is -2.30. The Morgan fingerprint density at radius 1 is 0.943 bits per heavy atom. The lowest BCUT2D eigenvalue weighted by molar-refractivity contribution is -0.143. The minimum Gasteiger partial charge on any atom is -0.449 e. The largest absolute Gasteiger partial charge is 0.449 e.